The average molecular weight is 271 g/mol. The third-order valence-corrected chi connectivity index (χ3v) is 3.44. The third kappa shape index (κ3) is 5.92. The SMILES string of the molecule is CCN(C(=O)NCCCCC(=O)O)C1CCNCC1. The molecule has 0 atom stereocenters. The molecule has 19 heavy (non-hydrogen) atoms. The Hall–Kier alpha value is -1.30. The number of carbonyl (C=O) groups is 2. The maximum absolute atomic E-state index is 12.0. The van der Waals surface area contributed by atoms with Gasteiger partial charge in [0.25, 0.3) is 0 Å². The summed E-state index contributed by atoms with van der Waals surface area (Å²) in [5.41, 5.74) is 0. The standard InChI is InChI=1S/C13H25N3O3/c1-2-16(11-6-9-14-10-7-11)13(19)15-8-4-3-5-12(17)18/h11,14H,2-10H2,1H3,(H,15,19)(H,17,18). The van der Waals surface area contributed by atoms with Crippen molar-refractivity contribution in [1.29, 1.82) is 0 Å². The highest BCUT2D eigenvalue weighted by Gasteiger charge is 2.23. The number of urea groups is 1. The van der Waals surface area contributed by atoms with Gasteiger partial charge in [-0.1, -0.05) is 0 Å². The van der Waals surface area contributed by atoms with Crippen LogP contribution in [0, 0.1) is 0 Å². The molecular weight excluding hydrogens is 246 g/mol. The van der Waals surface area contributed by atoms with E-state index in [1.807, 2.05) is 11.8 Å². The van der Waals surface area contributed by atoms with E-state index < -0.39 is 5.97 Å². The Morgan fingerprint density at radius 1 is 1.32 bits per heavy atom. The average Bonchev–Trinajstić information content (AvgIpc) is 2.40. The second-order valence-electron chi connectivity index (χ2n) is 4.85. The van der Waals surface area contributed by atoms with Crippen molar-refractivity contribution in [1.82, 2.24) is 15.5 Å². The minimum Gasteiger partial charge on any atom is -0.481 e. The predicted octanol–water partition coefficient (Wildman–Crippen LogP) is 1.02. The Morgan fingerprint density at radius 2 is 2.00 bits per heavy atom. The smallest absolute Gasteiger partial charge is 0.317 e. The minimum absolute atomic E-state index is 0.0234. The highest BCUT2D eigenvalue weighted by Crippen LogP contribution is 2.11. The van der Waals surface area contributed by atoms with Crippen LogP contribution in [0.5, 0.6) is 0 Å². The molecule has 6 heteroatoms. The number of piperidine rings is 1. The molecule has 1 aliphatic heterocycles. The number of rotatable bonds is 7. The number of hydrogen-bond donors (Lipinski definition) is 3. The lowest BCUT2D eigenvalue weighted by Crippen LogP contribution is -2.50. The topological polar surface area (TPSA) is 81.7 Å². The molecule has 0 unspecified atom stereocenters. The fraction of sp³-hybridized carbons (Fsp3) is 0.846. The molecule has 1 fully saturated rings. The van der Waals surface area contributed by atoms with Crippen molar-refractivity contribution < 1.29 is 14.7 Å². The zero-order valence-corrected chi connectivity index (χ0v) is 11.7. The highest BCUT2D eigenvalue weighted by molar-refractivity contribution is 5.74. The molecule has 0 spiro atoms. The summed E-state index contributed by atoms with van der Waals surface area (Å²) in [6.45, 7) is 5.19. The van der Waals surface area contributed by atoms with E-state index in [1.54, 1.807) is 0 Å². The summed E-state index contributed by atoms with van der Waals surface area (Å²) in [7, 11) is 0. The van der Waals surface area contributed by atoms with Gasteiger partial charge in [0, 0.05) is 25.6 Å². The molecule has 0 radical (unpaired) electrons. The van der Waals surface area contributed by atoms with Crippen molar-refractivity contribution in [2.24, 2.45) is 0 Å². The van der Waals surface area contributed by atoms with E-state index in [0.29, 0.717) is 32.0 Å². The normalized spacial score (nSPS) is 16.1. The molecule has 0 aliphatic carbocycles. The Balaban J connectivity index is 2.23. The Labute approximate surface area is 114 Å². The number of carboxylic acid groups (broad SMARTS) is 1. The van der Waals surface area contributed by atoms with Crippen LogP contribution in [-0.2, 0) is 4.79 Å². The molecule has 1 rings (SSSR count). The molecule has 2 amide bonds. The first kappa shape index (κ1) is 15.8. The second kappa shape index (κ2) is 8.74. The monoisotopic (exact) mass is 271 g/mol. The van der Waals surface area contributed by atoms with Crippen LogP contribution in [0.15, 0.2) is 0 Å². The highest BCUT2D eigenvalue weighted by atomic mass is 16.4. The Kier molecular flexibility index (Phi) is 7.25. The predicted molar refractivity (Wildman–Crippen MR) is 73.2 cm³/mol. The molecule has 0 aromatic heterocycles. The summed E-state index contributed by atoms with van der Waals surface area (Å²) in [6, 6.07) is 0.301. The van der Waals surface area contributed by atoms with E-state index in [0.717, 1.165) is 25.9 Å². The van der Waals surface area contributed by atoms with Crippen molar-refractivity contribution in [3.63, 3.8) is 0 Å². The van der Waals surface area contributed by atoms with E-state index in [9.17, 15) is 9.59 Å². The molecule has 0 saturated carbocycles. The second-order valence-corrected chi connectivity index (χ2v) is 4.85. The zero-order valence-electron chi connectivity index (χ0n) is 11.7. The van der Waals surface area contributed by atoms with Gasteiger partial charge in [-0.15, -0.1) is 0 Å². The summed E-state index contributed by atoms with van der Waals surface area (Å²) in [5, 5.41) is 14.7. The molecule has 1 heterocycles. The van der Waals surface area contributed by atoms with Crippen LogP contribution in [0.1, 0.15) is 39.0 Å². The number of carbonyl (C=O) groups excluding carboxylic acids is 1. The number of nitrogens with zero attached hydrogens (tertiary/aromatic N) is 1. The molecule has 0 aromatic carbocycles. The molecular formula is C13H25N3O3. The number of nitrogens with one attached hydrogen (secondary N) is 2. The summed E-state index contributed by atoms with van der Waals surface area (Å²) < 4.78 is 0. The summed E-state index contributed by atoms with van der Waals surface area (Å²) in [5.74, 6) is -0.781. The van der Waals surface area contributed by atoms with Crippen molar-refractivity contribution in [3.8, 4) is 0 Å². The van der Waals surface area contributed by atoms with Crippen LogP contribution >= 0.6 is 0 Å². The van der Waals surface area contributed by atoms with Crippen molar-refractivity contribution in [2.45, 2.75) is 45.1 Å². The lowest BCUT2D eigenvalue weighted by molar-refractivity contribution is -0.137. The first-order valence-corrected chi connectivity index (χ1v) is 7.12. The number of carboxylic acids is 1. The van der Waals surface area contributed by atoms with Gasteiger partial charge in [-0.3, -0.25) is 4.79 Å². The van der Waals surface area contributed by atoms with Crippen LogP contribution in [0.4, 0.5) is 4.79 Å². The third-order valence-electron chi connectivity index (χ3n) is 3.44. The van der Waals surface area contributed by atoms with E-state index in [2.05, 4.69) is 10.6 Å². The lowest BCUT2D eigenvalue weighted by atomic mass is 10.1. The van der Waals surface area contributed by atoms with Gasteiger partial charge in [0.05, 0.1) is 0 Å². The fourth-order valence-corrected chi connectivity index (χ4v) is 2.38. The van der Waals surface area contributed by atoms with Gasteiger partial charge in [-0.05, 0) is 45.7 Å². The zero-order chi connectivity index (χ0) is 14.1. The molecule has 0 bridgehead atoms. The molecule has 1 aliphatic rings. The van der Waals surface area contributed by atoms with E-state index >= 15 is 0 Å². The van der Waals surface area contributed by atoms with Crippen LogP contribution in [0.25, 0.3) is 0 Å². The van der Waals surface area contributed by atoms with Crippen molar-refractivity contribution >= 4 is 12.0 Å². The van der Waals surface area contributed by atoms with Gasteiger partial charge in [-0.2, -0.15) is 0 Å². The minimum atomic E-state index is -0.781. The van der Waals surface area contributed by atoms with Crippen LogP contribution in [0.2, 0.25) is 0 Å². The van der Waals surface area contributed by atoms with Gasteiger partial charge in [0.2, 0.25) is 0 Å². The summed E-state index contributed by atoms with van der Waals surface area (Å²) >= 11 is 0. The van der Waals surface area contributed by atoms with Crippen LogP contribution < -0.4 is 10.6 Å². The van der Waals surface area contributed by atoms with Gasteiger partial charge in [0.15, 0.2) is 0 Å². The van der Waals surface area contributed by atoms with E-state index in [1.165, 1.54) is 0 Å². The quantitative estimate of drug-likeness (QED) is 0.604. The van der Waals surface area contributed by atoms with E-state index in [4.69, 9.17) is 5.11 Å². The van der Waals surface area contributed by atoms with Crippen LogP contribution in [0.3, 0.4) is 0 Å². The lowest BCUT2D eigenvalue weighted by Gasteiger charge is -2.33. The largest absolute Gasteiger partial charge is 0.481 e. The maximum Gasteiger partial charge on any atom is 0.317 e. The van der Waals surface area contributed by atoms with Crippen LogP contribution in [-0.4, -0.2) is 54.2 Å². The molecule has 3 N–H and O–H groups in total. The van der Waals surface area contributed by atoms with Gasteiger partial charge in [0.1, 0.15) is 0 Å². The summed E-state index contributed by atoms with van der Waals surface area (Å²) in [6.07, 6.45) is 3.49. The van der Waals surface area contributed by atoms with Gasteiger partial charge >= 0.3 is 12.0 Å². The Bertz CT molecular complexity index is 291. The number of unbranched alkanes of at least 4 members (excludes halogenated alkanes) is 1. The number of hydrogen-bond acceptors (Lipinski definition) is 3. The fourth-order valence-electron chi connectivity index (χ4n) is 2.38. The number of aliphatic carboxylic acids is 1. The van der Waals surface area contributed by atoms with Gasteiger partial charge < -0.3 is 20.6 Å². The molecule has 1 saturated heterocycles. The van der Waals surface area contributed by atoms with Crippen molar-refractivity contribution in [3.05, 3.63) is 0 Å². The molecule has 0 aromatic rings. The van der Waals surface area contributed by atoms with Crippen molar-refractivity contribution in [2.75, 3.05) is 26.2 Å². The first-order chi connectivity index (χ1) is 9.15. The molecule has 110 valence electrons. The summed E-state index contributed by atoms with van der Waals surface area (Å²) in [4.78, 5) is 24.3. The van der Waals surface area contributed by atoms with Gasteiger partial charge in [-0.25, -0.2) is 4.79 Å². The first-order valence-electron chi connectivity index (χ1n) is 7.12. The Morgan fingerprint density at radius 3 is 2.58 bits per heavy atom. The number of amides is 2. The maximum atomic E-state index is 12.0. The van der Waals surface area contributed by atoms with E-state index in [-0.39, 0.29) is 12.5 Å². The molecule has 6 nitrogen and oxygen atoms in total.